The third kappa shape index (κ3) is 6.36. The van der Waals surface area contributed by atoms with Crippen LogP contribution in [0.25, 0.3) is 11.1 Å². The average molecular weight is 531 g/mol. The van der Waals surface area contributed by atoms with Crippen LogP contribution >= 0.6 is 0 Å². The summed E-state index contributed by atoms with van der Waals surface area (Å²) in [7, 11) is 0. The molecule has 1 atom stereocenters. The molecule has 1 fully saturated rings. The van der Waals surface area contributed by atoms with E-state index >= 15 is 0 Å². The summed E-state index contributed by atoms with van der Waals surface area (Å²) >= 11 is 0. The summed E-state index contributed by atoms with van der Waals surface area (Å²) in [5, 5.41) is 17.8. The molecular weight excluding hydrogens is 496 g/mol. The molecule has 2 N–H and O–H groups in total. The first-order valence-corrected chi connectivity index (χ1v) is 12.8. The van der Waals surface area contributed by atoms with Crippen molar-refractivity contribution in [2.45, 2.75) is 65.6 Å². The molecule has 3 amide bonds. The van der Waals surface area contributed by atoms with Gasteiger partial charge in [-0.25, -0.2) is 0 Å². The summed E-state index contributed by atoms with van der Waals surface area (Å²) in [5.41, 5.74) is 4.41. The summed E-state index contributed by atoms with van der Waals surface area (Å²) in [6.07, 6.45) is 4.27. The predicted molar refractivity (Wildman–Crippen MR) is 147 cm³/mol. The molecule has 11 nitrogen and oxygen atoms in total. The zero-order valence-corrected chi connectivity index (χ0v) is 23.0. The number of amides is 3. The van der Waals surface area contributed by atoms with Gasteiger partial charge in [-0.2, -0.15) is 4.80 Å². The Kier molecular flexibility index (Phi) is 7.89. The third-order valence-corrected chi connectivity index (χ3v) is 6.53. The number of aromatic nitrogens is 5. The molecule has 3 aromatic rings. The number of carbonyl (C=O) groups is 3. The smallest absolute Gasteiger partial charge is 0.293 e. The first-order valence-electron chi connectivity index (χ1n) is 12.8. The fraction of sp³-hybridized carbons (Fsp3) is 0.393. The van der Waals surface area contributed by atoms with Crippen molar-refractivity contribution in [1.29, 1.82) is 0 Å². The zero-order valence-electron chi connectivity index (χ0n) is 23.0. The van der Waals surface area contributed by atoms with Crippen molar-refractivity contribution in [2.75, 3.05) is 11.4 Å². The van der Waals surface area contributed by atoms with Crippen LogP contribution in [0.3, 0.4) is 0 Å². The number of hydrogen-bond donors (Lipinski definition) is 2. The van der Waals surface area contributed by atoms with E-state index in [1.165, 1.54) is 4.80 Å². The summed E-state index contributed by atoms with van der Waals surface area (Å²) < 4.78 is 0. The van der Waals surface area contributed by atoms with E-state index in [1.807, 2.05) is 52.0 Å². The van der Waals surface area contributed by atoms with Crippen molar-refractivity contribution in [3.8, 4) is 11.1 Å². The molecule has 1 aromatic carbocycles. The van der Waals surface area contributed by atoms with Crippen LogP contribution < -0.4 is 15.5 Å². The maximum Gasteiger partial charge on any atom is 0.293 e. The number of rotatable bonds is 7. The van der Waals surface area contributed by atoms with Crippen LogP contribution in [-0.2, 0) is 21.7 Å². The van der Waals surface area contributed by atoms with Gasteiger partial charge in [0, 0.05) is 42.9 Å². The van der Waals surface area contributed by atoms with Crippen molar-refractivity contribution in [2.24, 2.45) is 0 Å². The quantitative estimate of drug-likeness (QED) is 0.449. The van der Waals surface area contributed by atoms with Gasteiger partial charge in [0.1, 0.15) is 0 Å². The van der Waals surface area contributed by atoms with Crippen molar-refractivity contribution in [1.82, 2.24) is 35.8 Å². The number of aryl methyl sites for hydroxylation is 1. The topological polar surface area (TPSA) is 135 Å². The molecule has 39 heavy (non-hydrogen) atoms. The van der Waals surface area contributed by atoms with Gasteiger partial charge in [-0.3, -0.25) is 19.4 Å². The van der Waals surface area contributed by atoms with E-state index in [0.717, 1.165) is 22.3 Å². The summed E-state index contributed by atoms with van der Waals surface area (Å²) in [6.45, 7) is 13.8. The second kappa shape index (κ2) is 11.1. The maximum atomic E-state index is 12.9. The van der Waals surface area contributed by atoms with Gasteiger partial charge in [0.05, 0.1) is 17.4 Å². The second-order valence-electron chi connectivity index (χ2n) is 10.8. The normalized spacial score (nSPS) is 15.7. The van der Waals surface area contributed by atoms with Crippen LogP contribution in [0, 0.1) is 6.92 Å². The second-order valence-corrected chi connectivity index (χ2v) is 10.8. The number of carbonyl (C=O) groups excluding carboxylic acids is 3. The highest BCUT2D eigenvalue weighted by Crippen LogP contribution is 2.33. The zero-order chi connectivity index (χ0) is 28.3. The molecule has 1 aliphatic rings. The van der Waals surface area contributed by atoms with E-state index in [2.05, 4.69) is 37.6 Å². The third-order valence-electron chi connectivity index (χ3n) is 6.53. The van der Waals surface area contributed by atoms with Crippen molar-refractivity contribution < 1.29 is 14.4 Å². The van der Waals surface area contributed by atoms with Gasteiger partial charge >= 0.3 is 0 Å². The summed E-state index contributed by atoms with van der Waals surface area (Å²) in [4.78, 5) is 45.0. The SMILES string of the molecule is C=C(C)C(=O)N[C@H]1CCC(=O)N(c2cnccc2-c2ccc(CNC(=O)c3nnn(C(C)(C)C)n3)c(C)c2)C1. The van der Waals surface area contributed by atoms with Gasteiger partial charge in [-0.1, -0.05) is 24.8 Å². The number of anilines is 1. The first-order chi connectivity index (χ1) is 18.4. The Bertz CT molecular complexity index is 1420. The molecule has 2 aromatic heterocycles. The lowest BCUT2D eigenvalue weighted by Crippen LogP contribution is -2.50. The van der Waals surface area contributed by atoms with E-state index in [4.69, 9.17) is 0 Å². The summed E-state index contributed by atoms with van der Waals surface area (Å²) in [6, 6.07) is 7.62. The Morgan fingerprint density at radius 3 is 2.64 bits per heavy atom. The lowest BCUT2D eigenvalue weighted by Gasteiger charge is -2.34. The Morgan fingerprint density at radius 1 is 1.21 bits per heavy atom. The van der Waals surface area contributed by atoms with Crippen LogP contribution in [-0.4, -0.2) is 55.5 Å². The minimum absolute atomic E-state index is 0.0156. The number of hydrogen-bond acceptors (Lipinski definition) is 7. The highest BCUT2D eigenvalue weighted by atomic mass is 16.2. The minimum atomic E-state index is -0.401. The molecule has 11 heteroatoms. The number of piperidine rings is 1. The monoisotopic (exact) mass is 530 g/mol. The molecule has 3 heterocycles. The van der Waals surface area contributed by atoms with Crippen LogP contribution in [0.5, 0.6) is 0 Å². The predicted octanol–water partition coefficient (Wildman–Crippen LogP) is 2.92. The van der Waals surface area contributed by atoms with Gasteiger partial charge in [0.25, 0.3) is 11.7 Å². The number of pyridine rings is 1. The molecule has 204 valence electrons. The minimum Gasteiger partial charge on any atom is -0.348 e. The highest BCUT2D eigenvalue weighted by Gasteiger charge is 2.29. The van der Waals surface area contributed by atoms with Crippen LogP contribution in [0.2, 0.25) is 0 Å². The number of tetrazole rings is 1. The van der Waals surface area contributed by atoms with Crippen molar-refractivity contribution in [3.05, 3.63) is 65.8 Å². The van der Waals surface area contributed by atoms with Crippen molar-refractivity contribution in [3.63, 3.8) is 0 Å². The van der Waals surface area contributed by atoms with Gasteiger partial charge in [0.2, 0.25) is 11.8 Å². The van der Waals surface area contributed by atoms with Gasteiger partial charge < -0.3 is 15.5 Å². The first kappa shape index (κ1) is 27.6. The Labute approximate surface area is 227 Å². The molecular formula is C28H34N8O3. The molecule has 0 bridgehead atoms. The molecule has 1 aliphatic heterocycles. The molecule has 0 aliphatic carbocycles. The standard InChI is InChI=1S/C28H34N8O3/c1-17(2)26(38)31-21-9-10-24(37)35(16-21)23-15-29-12-11-22(23)19-7-8-20(18(3)13-19)14-30-27(39)25-32-34-36(33-25)28(4,5)6/h7-8,11-13,15,21H,1,9-10,14,16H2,2-6H3,(H,30,39)(H,31,38)/t21-/m0/s1. The van der Waals surface area contributed by atoms with Crippen molar-refractivity contribution >= 4 is 23.4 Å². The van der Waals surface area contributed by atoms with Crippen LogP contribution in [0.4, 0.5) is 5.69 Å². The molecule has 0 spiro atoms. The molecule has 0 saturated carbocycles. The Hall–Kier alpha value is -4.41. The van der Waals surface area contributed by atoms with Gasteiger partial charge in [-0.15, -0.1) is 10.2 Å². The number of nitrogens with one attached hydrogen (secondary N) is 2. The van der Waals surface area contributed by atoms with Gasteiger partial charge in [0.15, 0.2) is 0 Å². The Morgan fingerprint density at radius 2 is 1.97 bits per heavy atom. The molecule has 0 radical (unpaired) electrons. The van der Waals surface area contributed by atoms with E-state index < -0.39 is 5.91 Å². The van der Waals surface area contributed by atoms with E-state index in [-0.39, 0.29) is 29.2 Å². The number of nitrogens with zero attached hydrogens (tertiary/aromatic N) is 6. The largest absolute Gasteiger partial charge is 0.348 e. The van der Waals surface area contributed by atoms with Crippen LogP contribution in [0.15, 0.2) is 48.8 Å². The fourth-order valence-corrected chi connectivity index (χ4v) is 4.26. The average Bonchev–Trinajstić information content (AvgIpc) is 3.40. The lowest BCUT2D eigenvalue weighted by molar-refractivity contribution is -0.122. The van der Waals surface area contributed by atoms with Crippen LogP contribution in [0.1, 0.15) is 62.3 Å². The fourth-order valence-electron chi connectivity index (χ4n) is 4.26. The van der Waals surface area contributed by atoms with E-state index in [0.29, 0.717) is 37.2 Å². The lowest BCUT2D eigenvalue weighted by atomic mass is 9.97. The van der Waals surface area contributed by atoms with Gasteiger partial charge in [-0.05, 0) is 69.0 Å². The molecule has 0 unspecified atom stereocenters. The van der Waals surface area contributed by atoms with E-state index in [1.54, 1.807) is 24.2 Å². The summed E-state index contributed by atoms with van der Waals surface area (Å²) in [5.74, 6) is -0.612. The Balaban J connectivity index is 1.50. The maximum absolute atomic E-state index is 12.9. The number of benzene rings is 1. The molecule has 1 saturated heterocycles. The highest BCUT2D eigenvalue weighted by molar-refractivity contribution is 5.99. The van der Waals surface area contributed by atoms with E-state index in [9.17, 15) is 14.4 Å². The molecule has 4 rings (SSSR count).